The Kier molecular flexibility index (Phi) is 5.25. The van der Waals surface area contributed by atoms with Gasteiger partial charge in [-0.3, -0.25) is 0 Å². The molecule has 0 aromatic heterocycles. The van der Waals surface area contributed by atoms with Crippen molar-refractivity contribution in [1.29, 1.82) is 0 Å². The van der Waals surface area contributed by atoms with Crippen LogP contribution in [0.3, 0.4) is 0 Å². The highest BCUT2D eigenvalue weighted by molar-refractivity contribution is 9.15. The summed E-state index contributed by atoms with van der Waals surface area (Å²) < 4.78 is 11.1. The van der Waals surface area contributed by atoms with Crippen molar-refractivity contribution in [2.75, 3.05) is 14.2 Å². The Morgan fingerprint density at radius 3 is 2.53 bits per heavy atom. The Bertz CT molecular complexity index is 427. The molecule has 0 saturated carbocycles. The molecule has 0 radical (unpaired) electrons. The molecule has 1 rings (SSSR count). The van der Waals surface area contributed by atoms with Crippen LogP contribution in [0.1, 0.15) is 5.56 Å². The first-order chi connectivity index (χ1) is 8.12. The quantitative estimate of drug-likeness (QED) is 0.850. The fourth-order valence-electron chi connectivity index (χ4n) is 1.30. The van der Waals surface area contributed by atoms with Crippen molar-refractivity contribution in [2.45, 2.75) is 6.10 Å². The lowest BCUT2D eigenvalue weighted by Gasteiger charge is -2.09. The first-order valence-electron chi connectivity index (χ1n) is 5.02. The summed E-state index contributed by atoms with van der Waals surface area (Å²) >= 11 is 3.39. The van der Waals surface area contributed by atoms with Crippen LogP contribution in [-0.4, -0.2) is 25.4 Å². The summed E-state index contributed by atoms with van der Waals surface area (Å²) in [5, 5.41) is 9.44. The molecule has 0 amide bonds. The van der Waals surface area contributed by atoms with Gasteiger partial charge in [0.05, 0.1) is 20.3 Å². The van der Waals surface area contributed by atoms with Gasteiger partial charge in [-0.1, -0.05) is 22.0 Å². The van der Waals surface area contributed by atoms with Gasteiger partial charge in [0, 0.05) is 4.48 Å². The highest BCUT2D eigenvalue weighted by Gasteiger charge is 2.07. The Hall–Kier alpha value is -1.26. The van der Waals surface area contributed by atoms with Crippen molar-refractivity contribution in [3.63, 3.8) is 0 Å². The smallest absolute Gasteiger partial charge is 0.161 e. The van der Waals surface area contributed by atoms with Crippen LogP contribution in [0.4, 0.5) is 0 Å². The number of hydrogen-bond acceptors (Lipinski definition) is 3. The van der Waals surface area contributed by atoms with E-state index in [-0.39, 0.29) is 0 Å². The molecule has 1 aromatic carbocycles. The van der Waals surface area contributed by atoms with Gasteiger partial charge in [0.1, 0.15) is 0 Å². The molecule has 1 N–H and O–H groups in total. The molecule has 3 nitrogen and oxygen atoms in total. The largest absolute Gasteiger partial charge is 0.493 e. The molecule has 1 aromatic rings. The maximum Gasteiger partial charge on any atom is 0.161 e. The maximum atomic E-state index is 9.44. The minimum atomic E-state index is -0.683. The third-order valence-electron chi connectivity index (χ3n) is 2.22. The average Bonchev–Trinajstić information content (AvgIpc) is 2.37. The van der Waals surface area contributed by atoms with E-state index in [0.717, 1.165) is 10.0 Å². The van der Waals surface area contributed by atoms with Crippen LogP contribution < -0.4 is 9.47 Å². The van der Waals surface area contributed by atoms with E-state index in [1.165, 1.54) is 6.08 Å². The molecule has 0 aliphatic heterocycles. The topological polar surface area (TPSA) is 38.7 Å². The van der Waals surface area contributed by atoms with Crippen LogP contribution in [0.5, 0.6) is 11.5 Å². The average molecular weight is 299 g/mol. The number of aliphatic hydroxyl groups excluding tert-OH is 1. The maximum absolute atomic E-state index is 9.44. The van der Waals surface area contributed by atoms with Gasteiger partial charge >= 0.3 is 0 Å². The Morgan fingerprint density at radius 1 is 1.35 bits per heavy atom. The molecule has 1 atom stereocenters. The van der Waals surface area contributed by atoms with Crippen LogP contribution >= 0.6 is 15.9 Å². The van der Waals surface area contributed by atoms with Crippen molar-refractivity contribution in [3.8, 4) is 11.5 Å². The highest BCUT2D eigenvalue weighted by atomic mass is 79.9. The van der Waals surface area contributed by atoms with E-state index >= 15 is 0 Å². The van der Waals surface area contributed by atoms with E-state index in [9.17, 15) is 5.11 Å². The van der Waals surface area contributed by atoms with Gasteiger partial charge in [-0.25, -0.2) is 0 Å². The minimum absolute atomic E-state index is 0.642. The Labute approximate surface area is 109 Å². The van der Waals surface area contributed by atoms with E-state index < -0.39 is 6.10 Å². The lowest BCUT2D eigenvalue weighted by atomic mass is 10.1. The highest BCUT2D eigenvalue weighted by Crippen LogP contribution is 2.32. The van der Waals surface area contributed by atoms with Gasteiger partial charge in [0.25, 0.3) is 0 Å². The van der Waals surface area contributed by atoms with Crippen molar-refractivity contribution in [2.24, 2.45) is 0 Å². The molecular weight excluding hydrogens is 284 g/mol. The van der Waals surface area contributed by atoms with Crippen LogP contribution in [0.2, 0.25) is 0 Å². The van der Waals surface area contributed by atoms with Crippen molar-refractivity contribution < 1.29 is 14.6 Å². The monoisotopic (exact) mass is 298 g/mol. The van der Waals surface area contributed by atoms with E-state index in [4.69, 9.17) is 9.47 Å². The first kappa shape index (κ1) is 13.8. The molecule has 0 spiro atoms. The molecule has 0 heterocycles. The van der Waals surface area contributed by atoms with Crippen LogP contribution in [0.25, 0.3) is 4.48 Å². The molecule has 4 heteroatoms. The summed E-state index contributed by atoms with van der Waals surface area (Å²) in [7, 11) is 3.17. The van der Waals surface area contributed by atoms with Crippen molar-refractivity contribution in [1.82, 2.24) is 0 Å². The lowest BCUT2D eigenvalue weighted by Crippen LogP contribution is -1.96. The second-order valence-corrected chi connectivity index (χ2v) is 4.16. The summed E-state index contributed by atoms with van der Waals surface area (Å²) in [5.74, 6) is 1.31. The predicted octanol–water partition coefficient (Wildman–Crippen LogP) is 2.99. The summed E-state index contributed by atoms with van der Waals surface area (Å²) in [6.45, 7) is 3.51. The molecule has 92 valence electrons. The third-order valence-corrected chi connectivity index (χ3v) is 2.94. The van der Waals surface area contributed by atoms with Crippen molar-refractivity contribution >= 4 is 20.4 Å². The van der Waals surface area contributed by atoms with Gasteiger partial charge < -0.3 is 14.6 Å². The van der Waals surface area contributed by atoms with Crippen LogP contribution in [-0.2, 0) is 0 Å². The SMILES string of the molecule is C=CC(O)/C=C(\Br)c1ccc(OC)c(OC)c1. The number of methoxy groups -OCH3 is 2. The summed E-state index contributed by atoms with van der Waals surface area (Å²) in [5.41, 5.74) is 0.892. The van der Waals surface area contributed by atoms with Crippen LogP contribution in [0.15, 0.2) is 36.9 Å². The van der Waals surface area contributed by atoms with E-state index in [2.05, 4.69) is 22.5 Å². The van der Waals surface area contributed by atoms with Gasteiger partial charge in [0.15, 0.2) is 11.5 Å². The third kappa shape index (κ3) is 3.61. The summed E-state index contributed by atoms with van der Waals surface area (Å²) in [6, 6.07) is 5.51. The van der Waals surface area contributed by atoms with Gasteiger partial charge in [0.2, 0.25) is 0 Å². The Balaban J connectivity index is 3.07. The zero-order valence-corrected chi connectivity index (χ0v) is 11.4. The molecule has 0 saturated heterocycles. The molecular formula is C13H15BrO3. The fourth-order valence-corrected chi connectivity index (χ4v) is 1.82. The number of ether oxygens (including phenoxy) is 2. The van der Waals surface area contributed by atoms with Crippen molar-refractivity contribution in [3.05, 3.63) is 42.5 Å². The predicted molar refractivity (Wildman–Crippen MR) is 72.7 cm³/mol. The normalized spacial score (nSPS) is 13.1. The molecule has 17 heavy (non-hydrogen) atoms. The van der Waals surface area contributed by atoms with Crippen LogP contribution in [0, 0.1) is 0 Å². The molecule has 0 aliphatic carbocycles. The van der Waals surface area contributed by atoms with Gasteiger partial charge in [-0.15, -0.1) is 6.58 Å². The lowest BCUT2D eigenvalue weighted by molar-refractivity contribution is 0.273. The summed E-state index contributed by atoms with van der Waals surface area (Å²) in [6.07, 6.45) is 2.41. The second kappa shape index (κ2) is 6.47. The summed E-state index contributed by atoms with van der Waals surface area (Å²) in [4.78, 5) is 0. The van der Waals surface area contributed by atoms with E-state index in [1.54, 1.807) is 20.3 Å². The minimum Gasteiger partial charge on any atom is -0.493 e. The molecule has 1 unspecified atom stereocenters. The number of benzene rings is 1. The van der Waals surface area contributed by atoms with Gasteiger partial charge in [-0.05, 0) is 29.8 Å². The van der Waals surface area contributed by atoms with Gasteiger partial charge in [-0.2, -0.15) is 0 Å². The molecule has 0 aliphatic rings. The standard InChI is InChI=1S/C13H15BrO3/c1-4-10(15)8-11(14)9-5-6-12(16-2)13(7-9)17-3/h4-8,10,15H,1H2,2-3H3/b11-8-. The number of halogens is 1. The number of rotatable bonds is 5. The van der Waals surface area contributed by atoms with E-state index in [0.29, 0.717) is 11.5 Å². The first-order valence-corrected chi connectivity index (χ1v) is 5.82. The molecule has 0 fully saturated rings. The van der Waals surface area contributed by atoms with E-state index in [1.807, 2.05) is 18.2 Å². The zero-order valence-electron chi connectivity index (χ0n) is 9.81. The zero-order chi connectivity index (χ0) is 12.8. The molecule has 0 bridgehead atoms. The second-order valence-electron chi connectivity index (χ2n) is 3.31. The fraction of sp³-hybridized carbons (Fsp3) is 0.231. The Morgan fingerprint density at radius 2 is 2.00 bits per heavy atom. The number of hydrogen-bond donors (Lipinski definition) is 1. The number of aliphatic hydroxyl groups is 1.